The van der Waals surface area contributed by atoms with Gasteiger partial charge in [-0.3, -0.25) is 15.1 Å². The van der Waals surface area contributed by atoms with E-state index in [9.17, 15) is 9.18 Å². The summed E-state index contributed by atoms with van der Waals surface area (Å²) in [5, 5.41) is 3.41. The molecule has 1 N–H and O–H groups in total. The first kappa shape index (κ1) is 23.5. The van der Waals surface area contributed by atoms with Crippen LogP contribution in [0.5, 0.6) is 0 Å². The molecule has 1 atom stereocenters. The number of ether oxygens (including phenoxy) is 2. The van der Waals surface area contributed by atoms with Gasteiger partial charge in [-0.25, -0.2) is 9.37 Å². The number of amides is 1. The van der Waals surface area contributed by atoms with Crippen LogP contribution >= 0.6 is 11.3 Å². The number of aromatic nitrogens is 2. The largest absolute Gasteiger partial charge is 0.348 e. The molecule has 4 aromatic rings. The van der Waals surface area contributed by atoms with E-state index >= 15 is 0 Å². The SMILES string of the molecule is Cc1cc2nc(NC(=O)c3ccc(-c4ncc(C[C@@H]5COC(C)(C)O5)cc4F)cc3)sc2cc1C. The molecule has 0 bridgehead atoms. The van der Waals surface area contributed by atoms with Gasteiger partial charge in [0.1, 0.15) is 11.5 Å². The number of rotatable bonds is 5. The minimum atomic E-state index is -0.615. The fraction of sp³-hybridized carbons (Fsp3) is 0.296. The molecule has 180 valence electrons. The van der Waals surface area contributed by atoms with E-state index in [1.54, 1.807) is 30.5 Å². The first-order valence-electron chi connectivity index (χ1n) is 11.4. The molecule has 1 amide bonds. The Bertz CT molecular complexity index is 1380. The monoisotopic (exact) mass is 491 g/mol. The van der Waals surface area contributed by atoms with Gasteiger partial charge in [0.05, 0.1) is 22.9 Å². The Morgan fingerprint density at radius 3 is 2.60 bits per heavy atom. The van der Waals surface area contributed by atoms with E-state index in [4.69, 9.17) is 9.47 Å². The number of fused-ring (bicyclic) bond motifs is 1. The standard InChI is InChI=1S/C27H26FN3O3S/c1-15-9-22-23(10-16(15)2)35-26(30-22)31-25(32)19-7-5-18(6-8-19)24-21(28)12-17(13-29-24)11-20-14-33-27(3,4)34-20/h5-10,12-13,20H,11,14H2,1-4H3,(H,30,31,32)/t20-/m1/s1. The lowest BCUT2D eigenvalue weighted by molar-refractivity contribution is -0.138. The summed E-state index contributed by atoms with van der Waals surface area (Å²) < 4.78 is 27.2. The van der Waals surface area contributed by atoms with Gasteiger partial charge in [0.25, 0.3) is 5.91 Å². The second-order valence-electron chi connectivity index (χ2n) is 9.28. The zero-order chi connectivity index (χ0) is 24.7. The van der Waals surface area contributed by atoms with Gasteiger partial charge in [-0.05, 0) is 74.7 Å². The molecule has 5 rings (SSSR count). The van der Waals surface area contributed by atoms with Crippen molar-refractivity contribution in [1.82, 2.24) is 9.97 Å². The second kappa shape index (κ2) is 9.11. The molecule has 0 saturated carbocycles. The molecule has 0 spiro atoms. The van der Waals surface area contributed by atoms with Crippen LogP contribution in [0.1, 0.15) is 40.9 Å². The van der Waals surface area contributed by atoms with E-state index in [1.165, 1.54) is 23.0 Å². The number of halogens is 1. The van der Waals surface area contributed by atoms with Crippen LogP contribution in [0, 0.1) is 19.7 Å². The maximum atomic E-state index is 14.8. The Hall–Kier alpha value is -3.20. The van der Waals surface area contributed by atoms with Crippen LogP contribution in [0.25, 0.3) is 21.5 Å². The Morgan fingerprint density at radius 2 is 1.91 bits per heavy atom. The van der Waals surface area contributed by atoms with Gasteiger partial charge < -0.3 is 9.47 Å². The highest BCUT2D eigenvalue weighted by molar-refractivity contribution is 7.22. The Kier molecular flexibility index (Phi) is 6.13. The van der Waals surface area contributed by atoms with Crippen molar-refractivity contribution in [2.45, 2.75) is 46.0 Å². The van der Waals surface area contributed by atoms with E-state index < -0.39 is 11.6 Å². The number of aryl methyl sites for hydroxylation is 2. The van der Waals surface area contributed by atoms with Crippen LogP contribution in [-0.2, 0) is 15.9 Å². The minimum Gasteiger partial charge on any atom is -0.348 e. The lowest BCUT2D eigenvalue weighted by Crippen LogP contribution is -2.22. The number of pyridine rings is 1. The highest BCUT2D eigenvalue weighted by atomic mass is 32.1. The summed E-state index contributed by atoms with van der Waals surface area (Å²) in [6.45, 7) is 8.29. The van der Waals surface area contributed by atoms with Crippen LogP contribution in [-0.4, -0.2) is 34.4 Å². The fourth-order valence-corrected chi connectivity index (χ4v) is 5.05. The van der Waals surface area contributed by atoms with Crippen LogP contribution in [0.2, 0.25) is 0 Å². The molecule has 2 aromatic heterocycles. The molecular formula is C27H26FN3O3S. The maximum Gasteiger partial charge on any atom is 0.257 e. The molecule has 1 aliphatic heterocycles. The van der Waals surface area contributed by atoms with Crippen molar-refractivity contribution in [3.05, 3.63) is 76.7 Å². The molecule has 8 heteroatoms. The molecule has 1 aliphatic rings. The average Bonchev–Trinajstić information content (AvgIpc) is 3.35. The van der Waals surface area contributed by atoms with Crippen molar-refractivity contribution < 1.29 is 18.7 Å². The van der Waals surface area contributed by atoms with E-state index in [-0.39, 0.29) is 17.7 Å². The molecule has 0 unspecified atom stereocenters. The number of carbonyl (C=O) groups is 1. The summed E-state index contributed by atoms with van der Waals surface area (Å²) in [5.41, 5.74) is 5.25. The summed E-state index contributed by atoms with van der Waals surface area (Å²) in [5.74, 6) is -1.30. The lowest BCUT2D eigenvalue weighted by atomic mass is 10.1. The quantitative estimate of drug-likeness (QED) is 0.367. The van der Waals surface area contributed by atoms with Gasteiger partial charge in [-0.2, -0.15) is 0 Å². The topological polar surface area (TPSA) is 73.3 Å². The van der Waals surface area contributed by atoms with E-state index in [2.05, 4.69) is 28.3 Å². The smallest absolute Gasteiger partial charge is 0.257 e. The predicted octanol–water partition coefficient (Wildman–Crippen LogP) is 6.06. The normalized spacial score (nSPS) is 17.1. The van der Waals surface area contributed by atoms with E-state index in [0.717, 1.165) is 21.3 Å². The lowest BCUT2D eigenvalue weighted by Gasteiger charge is -2.17. The van der Waals surface area contributed by atoms with Gasteiger partial charge in [0.2, 0.25) is 0 Å². The van der Waals surface area contributed by atoms with E-state index in [0.29, 0.717) is 29.3 Å². The van der Waals surface area contributed by atoms with Crippen LogP contribution < -0.4 is 5.32 Å². The van der Waals surface area contributed by atoms with Crippen LogP contribution in [0.3, 0.4) is 0 Å². The first-order chi connectivity index (χ1) is 16.7. The third-order valence-electron chi connectivity index (χ3n) is 6.07. The number of thiazole rings is 1. The first-order valence-corrected chi connectivity index (χ1v) is 12.2. The number of hydrogen-bond acceptors (Lipinski definition) is 6. The van der Waals surface area contributed by atoms with Gasteiger partial charge in [0, 0.05) is 23.7 Å². The van der Waals surface area contributed by atoms with Gasteiger partial charge in [0.15, 0.2) is 10.9 Å². The van der Waals surface area contributed by atoms with Gasteiger partial charge in [-0.15, -0.1) is 0 Å². The van der Waals surface area contributed by atoms with Crippen molar-refractivity contribution in [3.8, 4) is 11.3 Å². The molecule has 6 nitrogen and oxygen atoms in total. The van der Waals surface area contributed by atoms with Gasteiger partial charge >= 0.3 is 0 Å². The zero-order valence-corrected chi connectivity index (χ0v) is 20.8. The molecular weight excluding hydrogens is 465 g/mol. The summed E-state index contributed by atoms with van der Waals surface area (Å²) in [6, 6.07) is 12.3. The molecule has 2 aromatic carbocycles. The van der Waals surface area contributed by atoms with Gasteiger partial charge in [-0.1, -0.05) is 23.5 Å². The molecule has 35 heavy (non-hydrogen) atoms. The molecule has 0 aliphatic carbocycles. The van der Waals surface area contributed by atoms with Crippen molar-refractivity contribution in [3.63, 3.8) is 0 Å². The summed E-state index contributed by atoms with van der Waals surface area (Å²) in [6.07, 6.45) is 2.06. The van der Waals surface area contributed by atoms with Crippen molar-refractivity contribution in [2.24, 2.45) is 0 Å². The molecule has 1 saturated heterocycles. The number of nitrogens with zero attached hydrogens (tertiary/aromatic N) is 2. The van der Waals surface area contributed by atoms with Crippen LogP contribution in [0.4, 0.5) is 9.52 Å². The summed E-state index contributed by atoms with van der Waals surface area (Å²) in [4.78, 5) is 21.6. The predicted molar refractivity (Wildman–Crippen MR) is 135 cm³/mol. The highest BCUT2D eigenvalue weighted by Gasteiger charge is 2.32. The second-order valence-corrected chi connectivity index (χ2v) is 10.3. The molecule has 3 heterocycles. The Labute approximate surface area is 207 Å². The highest BCUT2D eigenvalue weighted by Crippen LogP contribution is 2.29. The number of hydrogen-bond donors (Lipinski definition) is 1. The van der Waals surface area contributed by atoms with Crippen molar-refractivity contribution >= 4 is 32.6 Å². The maximum absolute atomic E-state index is 14.8. The van der Waals surface area contributed by atoms with Crippen molar-refractivity contribution in [2.75, 3.05) is 11.9 Å². The number of benzene rings is 2. The van der Waals surface area contributed by atoms with Crippen molar-refractivity contribution in [1.29, 1.82) is 0 Å². The third-order valence-corrected chi connectivity index (χ3v) is 7.01. The van der Waals surface area contributed by atoms with E-state index in [1.807, 2.05) is 26.8 Å². The number of anilines is 1. The summed E-state index contributed by atoms with van der Waals surface area (Å²) >= 11 is 1.44. The Morgan fingerprint density at radius 1 is 1.17 bits per heavy atom. The van der Waals surface area contributed by atoms with Crippen LogP contribution in [0.15, 0.2) is 48.7 Å². The number of nitrogens with one attached hydrogen (secondary N) is 1. The minimum absolute atomic E-state index is 0.127. The number of carbonyl (C=O) groups excluding carboxylic acids is 1. The Balaban J connectivity index is 1.27. The molecule has 0 radical (unpaired) electrons. The zero-order valence-electron chi connectivity index (χ0n) is 20.0. The fourth-order valence-electron chi connectivity index (χ4n) is 4.11. The average molecular weight is 492 g/mol. The molecule has 1 fully saturated rings. The third kappa shape index (κ3) is 5.10. The summed E-state index contributed by atoms with van der Waals surface area (Å²) in [7, 11) is 0.